The first kappa shape index (κ1) is 28.4. The number of amides is 1. The van der Waals surface area contributed by atoms with Gasteiger partial charge in [0.25, 0.3) is 5.91 Å². The number of benzene rings is 4. The van der Waals surface area contributed by atoms with Gasteiger partial charge in [-0.1, -0.05) is 66.7 Å². The number of nitrogens with zero attached hydrogens (tertiary/aromatic N) is 1. The molecule has 0 saturated heterocycles. The third kappa shape index (κ3) is 6.68. The number of aliphatic carboxylic acids is 1. The number of carbonyl (C=O) groups is 3. The molecule has 1 aromatic heterocycles. The van der Waals surface area contributed by atoms with Gasteiger partial charge in [-0.2, -0.15) is 13.2 Å². The zero-order chi connectivity index (χ0) is 28.9. The van der Waals surface area contributed by atoms with Crippen LogP contribution in [-0.4, -0.2) is 33.9 Å². The maximum atomic E-state index is 13.6. The van der Waals surface area contributed by atoms with Crippen LogP contribution in [0.5, 0.6) is 0 Å². The van der Waals surface area contributed by atoms with Crippen LogP contribution < -0.4 is 11.1 Å². The van der Waals surface area contributed by atoms with E-state index >= 15 is 0 Å². The highest BCUT2D eigenvalue weighted by atomic mass is 32.1. The molecule has 0 radical (unpaired) electrons. The molecule has 0 aliphatic carbocycles. The summed E-state index contributed by atoms with van der Waals surface area (Å²) in [5.41, 5.74) is 8.62. The molecule has 1 atom stereocenters. The molecule has 7 nitrogen and oxygen atoms in total. The van der Waals surface area contributed by atoms with Crippen molar-refractivity contribution in [3.05, 3.63) is 113 Å². The lowest BCUT2D eigenvalue weighted by Gasteiger charge is -2.18. The standard InChI is InChI=1S/C27H21N3O2S.C2HF3O2/c28-16-17-9-11-19(12-10-17)24(25(31)27-29-22-7-3-4-8-23(22)33-27)30-26(32)21-14-13-18-5-1-2-6-20(18)15-21;3-2(4,5)1(6)7/h1-15,24H,16,28H2,(H,30,32);(H,6,7). The maximum Gasteiger partial charge on any atom is 0.490 e. The van der Waals surface area contributed by atoms with E-state index < -0.39 is 18.2 Å². The van der Waals surface area contributed by atoms with Crippen LogP contribution in [0.1, 0.15) is 37.3 Å². The molecule has 0 saturated carbocycles. The highest BCUT2D eigenvalue weighted by Gasteiger charge is 2.38. The van der Waals surface area contributed by atoms with Gasteiger partial charge in [0.15, 0.2) is 5.01 Å². The van der Waals surface area contributed by atoms with Gasteiger partial charge in [-0.15, -0.1) is 11.3 Å². The zero-order valence-corrected chi connectivity index (χ0v) is 21.5. The van der Waals surface area contributed by atoms with Gasteiger partial charge in [0.05, 0.1) is 10.2 Å². The summed E-state index contributed by atoms with van der Waals surface area (Å²) in [6, 6.07) is 27.5. The third-order valence-electron chi connectivity index (χ3n) is 5.85. The molecule has 11 heteroatoms. The maximum absolute atomic E-state index is 13.6. The van der Waals surface area contributed by atoms with E-state index in [1.807, 2.05) is 84.9 Å². The van der Waals surface area contributed by atoms with E-state index in [1.165, 1.54) is 11.3 Å². The van der Waals surface area contributed by atoms with Crippen LogP contribution in [0.4, 0.5) is 13.2 Å². The van der Waals surface area contributed by atoms with Crippen LogP contribution in [0.2, 0.25) is 0 Å². The Bertz CT molecular complexity index is 1650. The van der Waals surface area contributed by atoms with Gasteiger partial charge in [-0.3, -0.25) is 9.59 Å². The average molecular weight is 566 g/mol. The fourth-order valence-electron chi connectivity index (χ4n) is 3.79. The summed E-state index contributed by atoms with van der Waals surface area (Å²) < 4.78 is 32.7. The Morgan fingerprint density at radius 1 is 0.900 bits per heavy atom. The summed E-state index contributed by atoms with van der Waals surface area (Å²) in [5, 5.41) is 12.4. The number of hydrogen-bond acceptors (Lipinski definition) is 6. The van der Waals surface area contributed by atoms with Crippen LogP contribution in [0.25, 0.3) is 21.0 Å². The normalized spacial score (nSPS) is 11.9. The number of Topliss-reactive ketones (excluding diaryl/α,β-unsaturated/α-hetero) is 1. The first-order valence-corrected chi connectivity index (χ1v) is 12.7. The van der Waals surface area contributed by atoms with E-state index in [0.29, 0.717) is 22.7 Å². The second kappa shape index (κ2) is 12.1. The van der Waals surface area contributed by atoms with Gasteiger partial charge in [0.2, 0.25) is 5.78 Å². The largest absolute Gasteiger partial charge is 0.490 e. The molecule has 5 rings (SSSR count). The molecule has 5 aromatic rings. The van der Waals surface area contributed by atoms with E-state index in [9.17, 15) is 22.8 Å². The van der Waals surface area contributed by atoms with Crippen LogP contribution in [-0.2, 0) is 11.3 Å². The quantitative estimate of drug-likeness (QED) is 0.221. The number of para-hydroxylation sites is 1. The summed E-state index contributed by atoms with van der Waals surface area (Å²) in [4.78, 5) is 40.2. The monoisotopic (exact) mass is 565 g/mol. The van der Waals surface area contributed by atoms with Crippen molar-refractivity contribution in [1.82, 2.24) is 10.3 Å². The molecule has 0 bridgehead atoms. The van der Waals surface area contributed by atoms with Crippen molar-refractivity contribution in [3.63, 3.8) is 0 Å². The first-order valence-electron chi connectivity index (χ1n) is 11.9. The second-order valence-electron chi connectivity index (χ2n) is 8.57. The molecule has 0 fully saturated rings. The predicted molar refractivity (Wildman–Crippen MR) is 146 cm³/mol. The molecule has 0 spiro atoms. The number of rotatable bonds is 6. The molecule has 204 valence electrons. The Labute approximate surface area is 230 Å². The number of thiazole rings is 1. The topological polar surface area (TPSA) is 122 Å². The van der Waals surface area contributed by atoms with Crippen molar-refractivity contribution in [2.75, 3.05) is 0 Å². The van der Waals surface area contributed by atoms with Gasteiger partial charge < -0.3 is 16.2 Å². The highest BCUT2D eigenvalue weighted by molar-refractivity contribution is 7.20. The number of nitrogens with one attached hydrogen (secondary N) is 1. The molecule has 4 N–H and O–H groups in total. The van der Waals surface area contributed by atoms with Crippen LogP contribution in [0.3, 0.4) is 0 Å². The Balaban J connectivity index is 0.000000470. The van der Waals surface area contributed by atoms with E-state index in [4.69, 9.17) is 15.6 Å². The van der Waals surface area contributed by atoms with Crippen LogP contribution in [0, 0.1) is 0 Å². The van der Waals surface area contributed by atoms with Crippen molar-refractivity contribution in [2.45, 2.75) is 18.8 Å². The minimum atomic E-state index is -5.08. The van der Waals surface area contributed by atoms with Gasteiger partial charge in [0.1, 0.15) is 6.04 Å². The predicted octanol–water partition coefficient (Wildman–Crippen LogP) is 5.90. The summed E-state index contributed by atoms with van der Waals surface area (Å²) in [7, 11) is 0. The Morgan fingerprint density at radius 2 is 1.52 bits per heavy atom. The van der Waals surface area contributed by atoms with E-state index in [-0.39, 0.29) is 11.7 Å². The molecule has 0 aliphatic rings. The van der Waals surface area contributed by atoms with Crippen molar-refractivity contribution < 1.29 is 32.7 Å². The van der Waals surface area contributed by atoms with Crippen LogP contribution >= 0.6 is 11.3 Å². The summed E-state index contributed by atoms with van der Waals surface area (Å²) >= 11 is 1.33. The lowest BCUT2D eigenvalue weighted by Crippen LogP contribution is -2.34. The van der Waals surface area contributed by atoms with E-state index in [1.54, 1.807) is 6.07 Å². The van der Waals surface area contributed by atoms with Crippen LogP contribution in [0.15, 0.2) is 91.0 Å². The minimum Gasteiger partial charge on any atom is -0.475 e. The molecule has 1 heterocycles. The number of halogens is 3. The fourth-order valence-corrected chi connectivity index (χ4v) is 4.73. The smallest absolute Gasteiger partial charge is 0.475 e. The number of alkyl halides is 3. The van der Waals surface area contributed by atoms with Gasteiger partial charge >= 0.3 is 12.1 Å². The third-order valence-corrected chi connectivity index (χ3v) is 6.90. The van der Waals surface area contributed by atoms with E-state index in [2.05, 4.69) is 10.3 Å². The summed E-state index contributed by atoms with van der Waals surface area (Å²) in [5.74, 6) is -3.32. The van der Waals surface area contributed by atoms with Gasteiger partial charge in [-0.05, 0) is 46.2 Å². The Hall–Kier alpha value is -4.61. The molecule has 1 amide bonds. The Kier molecular flexibility index (Phi) is 8.56. The summed E-state index contributed by atoms with van der Waals surface area (Å²) in [6.07, 6.45) is -5.08. The minimum absolute atomic E-state index is 0.245. The zero-order valence-electron chi connectivity index (χ0n) is 20.7. The molecule has 1 unspecified atom stereocenters. The van der Waals surface area contributed by atoms with Gasteiger partial charge in [-0.25, -0.2) is 9.78 Å². The van der Waals surface area contributed by atoms with Crippen molar-refractivity contribution in [2.24, 2.45) is 5.73 Å². The molecule has 0 aliphatic heterocycles. The Morgan fingerprint density at radius 3 is 2.15 bits per heavy atom. The highest BCUT2D eigenvalue weighted by Crippen LogP contribution is 2.27. The van der Waals surface area contributed by atoms with Crippen molar-refractivity contribution in [3.8, 4) is 0 Å². The first-order chi connectivity index (χ1) is 19.1. The lowest BCUT2D eigenvalue weighted by atomic mass is 10.00. The molecular formula is C29H22F3N3O4S. The number of hydrogen-bond donors (Lipinski definition) is 3. The molecular weight excluding hydrogens is 543 g/mol. The lowest BCUT2D eigenvalue weighted by molar-refractivity contribution is -0.192. The number of aromatic nitrogens is 1. The van der Waals surface area contributed by atoms with Crippen molar-refractivity contribution in [1.29, 1.82) is 0 Å². The van der Waals surface area contributed by atoms with E-state index in [0.717, 1.165) is 26.6 Å². The average Bonchev–Trinajstić information content (AvgIpc) is 3.39. The number of ketones is 1. The molecule has 40 heavy (non-hydrogen) atoms. The number of carboxylic acid groups (broad SMARTS) is 1. The fraction of sp³-hybridized carbons (Fsp3) is 0.103. The number of carboxylic acids is 1. The second-order valence-corrected chi connectivity index (χ2v) is 9.60. The SMILES string of the molecule is NCc1ccc(C(NC(=O)c2ccc3ccccc3c2)C(=O)c2nc3ccccc3s2)cc1.O=C(O)C(F)(F)F. The number of fused-ring (bicyclic) bond motifs is 2. The van der Waals surface area contributed by atoms with Crippen molar-refractivity contribution >= 4 is 50.0 Å². The number of carbonyl (C=O) groups excluding carboxylic acids is 2. The molecule has 4 aromatic carbocycles. The number of nitrogens with two attached hydrogens (primary N) is 1. The summed E-state index contributed by atoms with van der Waals surface area (Å²) in [6.45, 7) is 0.403. The van der Waals surface area contributed by atoms with Gasteiger partial charge in [0, 0.05) is 12.1 Å².